The molecule has 2 heterocycles. The van der Waals surface area contributed by atoms with Crippen LogP contribution in [0.25, 0.3) is 11.4 Å². The van der Waals surface area contributed by atoms with E-state index in [0.29, 0.717) is 46.7 Å². The van der Waals surface area contributed by atoms with Gasteiger partial charge in [0.25, 0.3) is 0 Å². The van der Waals surface area contributed by atoms with E-state index in [1.807, 2.05) is 0 Å². The van der Waals surface area contributed by atoms with Crippen LogP contribution in [0.1, 0.15) is 5.69 Å². The smallest absolute Gasteiger partial charge is 0.414 e. The number of allylic oxidation sites excluding steroid dienone is 1. The van der Waals surface area contributed by atoms with E-state index in [2.05, 4.69) is 10.4 Å². The maximum absolute atomic E-state index is 12.6. The first kappa shape index (κ1) is 22.1. The van der Waals surface area contributed by atoms with Crippen molar-refractivity contribution in [2.24, 2.45) is 0 Å². The Kier molecular flexibility index (Phi) is 6.41. The van der Waals surface area contributed by atoms with Gasteiger partial charge < -0.3 is 20.2 Å². The van der Waals surface area contributed by atoms with Gasteiger partial charge in [0.05, 0.1) is 25.0 Å². The van der Waals surface area contributed by atoms with Crippen molar-refractivity contribution in [1.82, 2.24) is 9.78 Å². The monoisotopic (exact) mass is 465 g/mol. The van der Waals surface area contributed by atoms with Gasteiger partial charge in [0.2, 0.25) is 5.43 Å². The van der Waals surface area contributed by atoms with Gasteiger partial charge in [-0.05, 0) is 36.4 Å². The highest BCUT2D eigenvalue weighted by molar-refractivity contribution is 6.30. The lowest BCUT2D eigenvalue weighted by atomic mass is 10.2. The second-order valence-electron chi connectivity index (χ2n) is 6.98. The molecule has 168 valence electrons. The van der Waals surface area contributed by atoms with E-state index in [1.165, 1.54) is 35.0 Å². The Bertz CT molecular complexity index is 1300. The number of ether oxygens (including phenoxy) is 2. The minimum absolute atomic E-state index is 0.107. The first-order chi connectivity index (χ1) is 16.0. The summed E-state index contributed by atoms with van der Waals surface area (Å²) in [5, 5.41) is 15.6. The third-order valence-electron chi connectivity index (χ3n) is 4.90. The predicted octanol–water partition coefficient (Wildman–Crippen LogP) is 3.95. The second kappa shape index (κ2) is 9.58. The van der Waals surface area contributed by atoms with Crippen molar-refractivity contribution in [3.8, 4) is 11.4 Å². The van der Waals surface area contributed by atoms with Gasteiger partial charge >= 0.3 is 6.09 Å². The van der Waals surface area contributed by atoms with Crippen LogP contribution in [0, 0.1) is 5.41 Å². The van der Waals surface area contributed by atoms with Crippen molar-refractivity contribution >= 4 is 41.0 Å². The van der Waals surface area contributed by atoms with Crippen LogP contribution in [0.2, 0.25) is 5.02 Å². The number of aromatic nitrogens is 2. The molecule has 3 aromatic rings. The molecule has 9 nitrogen and oxygen atoms in total. The first-order valence-electron chi connectivity index (χ1n) is 9.96. The zero-order valence-corrected chi connectivity index (χ0v) is 18.4. The normalized spacial score (nSPS) is 13.6. The zero-order chi connectivity index (χ0) is 23.4. The molecule has 0 spiro atoms. The van der Waals surface area contributed by atoms with Crippen LogP contribution in [-0.4, -0.2) is 42.3 Å². The molecule has 0 radical (unpaired) electrons. The molecule has 2 N–H and O–H groups in total. The van der Waals surface area contributed by atoms with E-state index in [1.54, 1.807) is 42.5 Å². The first-order valence-corrected chi connectivity index (χ1v) is 10.3. The summed E-state index contributed by atoms with van der Waals surface area (Å²) < 4.78 is 12.0. The fraction of sp³-hybridized carbons (Fsp3) is 0.130. The number of amides is 1. The van der Waals surface area contributed by atoms with Gasteiger partial charge in [0, 0.05) is 35.3 Å². The van der Waals surface area contributed by atoms with Gasteiger partial charge in [-0.1, -0.05) is 17.7 Å². The Morgan fingerprint density at radius 2 is 2.09 bits per heavy atom. The number of nitrogens with zero attached hydrogens (tertiary/aromatic N) is 3. The van der Waals surface area contributed by atoms with E-state index in [0.717, 1.165) is 6.21 Å². The Morgan fingerprint density at radius 1 is 1.24 bits per heavy atom. The average molecular weight is 466 g/mol. The Labute approximate surface area is 194 Å². The largest absolute Gasteiger partial charge is 0.494 e. The molecule has 2 aromatic carbocycles. The number of cyclic esters (lactones) is 1. The van der Waals surface area contributed by atoms with Gasteiger partial charge in [-0.3, -0.25) is 9.69 Å². The molecule has 1 aromatic heterocycles. The van der Waals surface area contributed by atoms with Gasteiger partial charge in [0.1, 0.15) is 18.0 Å². The van der Waals surface area contributed by atoms with E-state index < -0.39 is 6.09 Å². The third kappa shape index (κ3) is 4.73. The van der Waals surface area contributed by atoms with Crippen molar-refractivity contribution in [3.63, 3.8) is 0 Å². The average Bonchev–Trinajstić information content (AvgIpc) is 3.25. The van der Waals surface area contributed by atoms with Gasteiger partial charge in [0.15, 0.2) is 5.69 Å². The Morgan fingerprint density at radius 3 is 2.79 bits per heavy atom. The summed E-state index contributed by atoms with van der Waals surface area (Å²) >= 11 is 6.06. The molecule has 0 atom stereocenters. The molecule has 1 saturated heterocycles. The Balaban J connectivity index is 1.73. The molecule has 1 fully saturated rings. The molecule has 0 saturated carbocycles. The SMILES string of the molecule is COc1cc(N2CCOC2=O)ccc1-n1ccc(=O)c(/C(=C/C=N)Nc2cccc(Cl)c2)n1. The van der Waals surface area contributed by atoms with E-state index >= 15 is 0 Å². The highest BCUT2D eigenvalue weighted by Crippen LogP contribution is 2.29. The van der Waals surface area contributed by atoms with Crippen LogP contribution in [0.15, 0.2) is 65.6 Å². The molecule has 4 rings (SSSR count). The number of rotatable bonds is 7. The summed E-state index contributed by atoms with van der Waals surface area (Å²) in [5.74, 6) is 0.453. The molecule has 1 amide bonds. The van der Waals surface area contributed by atoms with E-state index in [-0.39, 0.29) is 11.1 Å². The minimum Gasteiger partial charge on any atom is -0.494 e. The molecule has 10 heteroatoms. The molecular weight excluding hydrogens is 446 g/mol. The quantitative estimate of drug-likeness (QED) is 0.511. The predicted molar refractivity (Wildman–Crippen MR) is 127 cm³/mol. The molecular formula is C23H20ClN5O4. The highest BCUT2D eigenvalue weighted by Gasteiger charge is 2.24. The third-order valence-corrected chi connectivity index (χ3v) is 5.13. The van der Waals surface area contributed by atoms with Gasteiger partial charge in [-0.2, -0.15) is 5.10 Å². The lowest BCUT2D eigenvalue weighted by molar-refractivity contribution is 0.181. The molecule has 0 aliphatic carbocycles. The van der Waals surface area contributed by atoms with Crippen molar-refractivity contribution < 1.29 is 14.3 Å². The number of carbonyl (C=O) groups excluding carboxylic acids is 1. The molecule has 33 heavy (non-hydrogen) atoms. The van der Waals surface area contributed by atoms with Crippen molar-refractivity contribution in [2.45, 2.75) is 0 Å². The summed E-state index contributed by atoms with van der Waals surface area (Å²) in [6.45, 7) is 0.782. The molecule has 0 unspecified atom stereocenters. The highest BCUT2D eigenvalue weighted by atomic mass is 35.5. The van der Waals surface area contributed by atoms with Crippen LogP contribution in [0.4, 0.5) is 16.2 Å². The van der Waals surface area contributed by atoms with Crippen molar-refractivity contribution in [2.75, 3.05) is 30.5 Å². The molecule has 1 aliphatic rings. The lowest BCUT2D eigenvalue weighted by Crippen LogP contribution is -2.23. The van der Waals surface area contributed by atoms with Crippen LogP contribution in [0.3, 0.4) is 0 Å². The number of benzene rings is 2. The van der Waals surface area contributed by atoms with E-state index in [4.69, 9.17) is 26.5 Å². The van der Waals surface area contributed by atoms with Crippen LogP contribution < -0.4 is 20.4 Å². The summed E-state index contributed by atoms with van der Waals surface area (Å²) in [7, 11) is 1.51. The van der Waals surface area contributed by atoms with Crippen LogP contribution in [0.5, 0.6) is 5.75 Å². The number of hydrogen-bond acceptors (Lipinski definition) is 7. The summed E-state index contributed by atoms with van der Waals surface area (Å²) in [5.41, 5.74) is 1.95. The number of carbonyl (C=O) groups is 1. The van der Waals surface area contributed by atoms with Crippen LogP contribution in [-0.2, 0) is 4.74 Å². The number of halogens is 1. The fourth-order valence-corrected chi connectivity index (χ4v) is 3.55. The van der Waals surface area contributed by atoms with Crippen molar-refractivity contribution in [3.05, 3.63) is 81.7 Å². The maximum Gasteiger partial charge on any atom is 0.414 e. The Hall–Kier alpha value is -4.11. The summed E-state index contributed by atoms with van der Waals surface area (Å²) in [4.78, 5) is 26.0. The number of methoxy groups -OCH3 is 1. The number of nitrogens with one attached hydrogen (secondary N) is 2. The number of anilines is 2. The molecule has 0 bridgehead atoms. The summed E-state index contributed by atoms with van der Waals surface area (Å²) in [6.07, 6.45) is 3.61. The summed E-state index contributed by atoms with van der Waals surface area (Å²) in [6, 6.07) is 13.6. The standard InChI is InChI=1S/C23H20ClN5O4/c1-32-21-14-17(28-11-12-33-23(28)31)5-6-19(21)29-10-8-20(30)22(27-29)18(7-9-25)26-16-4-2-3-15(24)13-16/h2-10,13-14,25-26H,11-12H2,1H3/b18-7-,25-9?. The fourth-order valence-electron chi connectivity index (χ4n) is 3.36. The maximum atomic E-state index is 12.6. The van der Waals surface area contributed by atoms with E-state index in [9.17, 15) is 9.59 Å². The lowest BCUT2D eigenvalue weighted by Gasteiger charge is -2.17. The number of hydrogen-bond donors (Lipinski definition) is 2. The van der Waals surface area contributed by atoms with Crippen molar-refractivity contribution in [1.29, 1.82) is 5.41 Å². The second-order valence-corrected chi connectivity index (χ2v) is 7.41. The van der Waals surface area contributed by atoms with Crippen LogP contribution >= 0.6 is 11.6 Å². The van der Waals surface area contributed by atoms with Gasteiger partial charge in [-0.15, -0.1) is 0 Å². The minimum atomic E-state index is -0.415. The van der Waals surface area contributed by atoms with Gasteiger partial charge in [-0.25, -0.2) is 9.48 Å². The topological polar surface area (TPSA) is 110 Å². The molecule has 1 aliphatic heterocycles. The zero-order valence-electron chi connectivity index (χ0n) is 17.6.